The van der Waals surface area contributed by atoms with Gasteiger partial charge in [-0.3, -0.25) is 4.79 Å². The predicted molar refractivity (Wildman–Crippen MR) is 98.6 cm³/mol. The summed E-state index contributed by atoms with van der Waals surface area (Å²) in [7, 11) is 0. The number of nitrogens with zero attached hydrogens (tertiary/aromatic N) is 1. The van der Waals surface area contributed by atoms with Gasteiger partial charge in [0, 0.05) is 24.2 Å². The zero-order chi connectivity index (χ0) is 18.7. The second-order valence-electron chi connectivity index (χ2n) is 5.77. The number of Topliss-reactive ketones (excluding diaryl/α,β-unsaturated/α-hetero) is 1. The summed E-state index contributed by atoms with van der Waals surface area (Å²) < 4.78 is 8.90. The first-order valence-electron chi connectivity index (χ1n) is 7.86. The van der Waals surface area contributed by atoms with E-state index in [1.807, 2.05) is 6.07 Å². The van der Waals surface area contributed by atoms with E-state index in [0.717, 1.165) is 24.0 Å². The molecule has 0 bridgehead atoms. The average molecular weight is 415 g/mol. The summed E-state index contributed by atoms with van der Waals surface area (Å²) in [4.78, 5) is 27.8. The van der Waals surface area contributed by atoms with Gasteiger partial charge >= 0.3 is 5.97 Å². The molecular weight excluding hydrogens is 401 g/mol. The number of benzene rings is 1. The molecule has 0 saturated heterocycles. The van der Waals surface area contributed by atoms with E-state index in [0.29, 0.717) is 18.1 Å². The van der Waals surface area contributed by atoms with Crippen LogP contribution < -0.4 is 4.74 Å². The SMILES string of the molecule is O=C(OCC(Cl)(Cl)Cl)c1ccc(Oc2ccc3c(c2)CCCC3=O)nc1. The Balaban J connectivity index is 1.66. The highest BCUT2D eigenvalue weighted by Crippen LogP contribution is 2.28. The fourth-order valence-corrected chi connectivity index (χ4v) is 2.76. The molecule has 5 nitrogen and oxygen atoms in total. The van der Waals surface area contributed by atoms with Crippen LogP contribution in [0.15, 0.2) is 36.5 Å². The van der Waals surface area contributed by atoms with Crippen LogP contribution in [0.1, 0.15) is 39.1 Å². The fraction of sp³-hybridized carbons (Fsp3) is 0.278. The molecule has 1 aromatic carbocycles. The van der Waals surface area contributed by atoms with Crippen LogP contribution in [-0.2, 0) is 11.2 Å². The lowest BCUT2D eigenvalue weighted by Gasteiger charge is -2.15. The Kier molecular flexibility index (Phi) is 5.70. The molecule has 136 valence electrons. The van der Waals surface area contributed by atoms with E-state index in [-0.39, 0.29) is 18.0 Å². The molecule has 0 radical (unpaired) electrons. The summed E-state index contributed by atoms with van der Waals surface area (Å²) in [5, 5.41) is 0. The summed E-state index contributed by atoms with van der Waals surface area (Å²) in [6.45, 7) is -0.359. The van der Waals surface area contributed by atoms with E-state index >= 15 is 0 Å². The molecule has 26 heavy (non-hydrogen) atoms. The van der Waals surface area contributed by atoms with Crippen molar-refractivity contribution in [3.05, 3.63) is 53.2 Å². The standard InChI is InChI=1S/C18H14Cl3NO4/c19-18(20,21)10-25-17(24)12-4-7-16(22-9-12)26-13-5-6-14-11(8-13)2-1-3-15(14)23/h4-9H,1-3,10H2. The predicted octanol–water partition coefficient (Wildman–Crippen LogP) is 4.92. The van der Waals surface area contributed by atoms with Gasteiger partial charge < -0.3 is 9.47 Å². The van der Waals surface area contributed by atoms with E-state index in [4.69, 9.17) is 44.3 Å². The number of esters is 1. The van der Waals surface area contributed by atoms with Crippen molar-refractivity contribution in [2.24, 2.45) is 0 Å². The Labute approximate surface area is 165 Å². The van der Waals surface area contributed by atoms with Crippen LogP contribution in [-0.4, -0.2) is 27.1 Å². The number of aryl methyl sites for hydroxylation is 1. The topological polar surface area (TPSA) is 65.5 Å². The minimum atomic E-state index is -1.67. The van der Waals surface area contributed by atoms with Gasteiger partial charge in [-0.15, -0.1) is 0 Å². The fourth-order valence-electron chi connectivity index (χ4n) is 2.60. The van der Waals surface area contributed by atoms with Crippen molar-refractivity contribution in [1.82, 2.24) is 4.98 Å². The third-order valence-electron chi connectivity index (χ3n) is 3.79. The maximum absolute atomic E-state index is 11.8. The Bertz CT molecular complexity index is 831. The van der Waals surface area contributed by atoms with Crippen LogP contribution in [0.25, 0.3) is 0 Å². The largest absolute Gasteiger partial charge is 0.457 e. The number of hydrogen-bond acceptors (Lipinski definition) is 5. The van der Waals surface area contributed by atoms with E-state index in [9.17, 15) is 9.59 Å². The highest BCUT2D eigenvalue weighted by molar-refractivity contribution is 6.67. The number of halogens is 3. The smallest absolute Gasteiger partial charge is 0.339 e. The average Bonchev–Trinajstić information content (AvgIpc) is 2.60. The Morgan fingerprint density at radius 3 is 2.65 bits per heavy atom. The van der Waals surface area contributed by atoms with Gasteiger partial charge in [-0.05, 0) is 42.7 Å². The molecular formula is C18H14Cl3NO4. The van der Waals surface area contributed by atoms with Gasteiger partial charge in [0.15, 0.2) is 5.78 Å². The molecule has 0 spiro atoms. The van der Waals surface area contributed by atoms with Gasteiger partial charge in [-0.25, -0.2) is 9.78 Å². The van der Waals surface area contributed by atoms with Crippen LogP contribution in [0, 0.1) is 0 Å². The summed E-state index contributed by atoms with van der Waals surface area (Å²) in [5.41, 5.74) is 1.94. The molecule has 1 aliphatic carbocycles. The normalized spacial score (nSPS) is 13.9. The molecule has 0 saturated carbocycles. The van der Waals surface area contributed by atoms with Gasteiger partial charge in [0.1, 0.15) is 12.4 Å². The number of ether oxygens (including phenoxy) is 2. The van der Waals surface area contributed by atoms with Crippen molar-refractivity contribution in [3.63, 3.8) is 0 Å². The van der Waals surface area contributed by atoms with E-state index in [1.165, 1.54) is 18.3 Å². The number of pyridine rings is 1. The van der Waals surface area contributed by atoms with Crippen molar-refractivity contribution in [2.45, 2.75) is 23.1 Å². The molecule has 0 unspecified atom stereocenters. The number of carbonyl (C=O) groups excluding carboxylic acids is 2. The van der Waals surface area contributed by atoms with E-state index in [2.05, 4.69) is 4.98 Å². The molecule has 1 aliphatic rings. The summed E-state index contributed by atoms with van der Waals surface area (Å²) in [6.07, 6.45) is 3.60. The summed E-state index contributed by atoms with van der Waals surface area (Å²) >= 11 is 16.6. The highest BCUT2D eigenvalue weighted by atomic mass is 35.6. The van der Waals surface area contributed by atoms with Crippen LogP contribution in [0.5, 0.6) is 11.6 Å². The maximum Gasteiger partial charge on any atom is 0.339 e. The van der Waals surface area contributed by atoms with Gasteiger partial charge in [-0.2, -0.15) is 0 Å². The molecule has 3 rings (SSSR count). The second-order valence-corrected chi connectivity index (χ2v) is 8.29. The number of hydrogen-bond donors (Lipinski definition) is 0. The molecule has 0 atom stereocenters. The Morgan fingerprint density at radius 2 is 1.96 bits per heavy atom. The molecule has 1 aromatic heterocycles. The van der Waals surface area contributed by atoms with Crippen LogP contribution >= 0.6 is 34.8 Å². The van der Waals surface area contributed by atoms with Crippen LogP contribution in [0.3, 0.4) is 0 Å². The van der Waals surface area contributed by atoms with Gasteiger partial charge in [-0.1, -0.05) is 34.8 Å². The van der Waals surface area contributed by atoms with Gasteiger partial charge in [0.25, 0.3) is 0 Å². The first kappa shape index (κ1) is 19.0. The zero-order valence-electron chi connectivity index (χ0n) is 13.5. The summed E-state index contributed by atoms with van der Waals surface area (Å²) in [5.74, 6) is 0.402. The van der Waals surface area contributed by atoms with Crippen molar-refractivity contribution in [3.8, 4) is 11.6 Å². The van der Waals surface area contributed by atoms with E-state index < -0.39 is 9.76 Å². The lowest BCUT2D eigenvalue weighted by molar-refractivity contribution is 0.0511. The minimum absolute atomic E-state index is 0.161. The van der Waals surface area contributed by atoms with Crippen molar-refractivity contribution in [1.29, 1.82) is 0 Å². The molecule has 8 heteroatoms. The quantitative estimate of drug-likeness (QED) is 0.525. The van der Waals surface area contributed by atoms with Crippen LogP contribution in [0.4, 0.5) is 0 Å². The molecule has 0 N–H and O–H groups in total. The Hall–Kier alpha value is -1.82. The molecule has 1 heterocycles. The number of alkyl halides is 3. The maximum atomic E-state index is 11.8. The summed E-state index contributed by atoms with van der Waals surface area (Å²) in [6, 6.07) is 8.39. The van der Waals surface area contributed by atoms with Crippen molar-refractivity contribution in [2.75, 3.05) is 6.61 Å². The van der Waals surface area contributed by atoms with Crippen molar-refractivity contribution < 1.29 is 19.1 Å². The highest BCUT2D eigenvalue weighted by Gasteiger charge is 2.23. The number of carbonyl (C=O) groups is 2. The van der Waals surface area contributed by atoms with E-state index in [1.54, 1.807) is 12.1 Å². The lowest BCUT2D eigenvalue weighted by Crippen LogP contribution is -2.17. The molecule has 0 amide bonds. The van der Waals surface area contributed by atoms with Crippen LogP contribution in [0.2, 0.25) is 0 Å². The number of ketones is 1. The Morgan fingerprint density at radius 1 is 1.15 bits per heavy atom. The monoisotopic (exact) mass is 413 g/mol. The first-order chi connectivity index (χ1) is 12.3. The van der Waals surface area contributed by atoms with Gasteiger partial charge in [0.05, 0.1) is 5.56 Å². The number of aromatic nitrogens is 1. The molecule has 0 aliphatic heterocycles. The molecule has 2 aromatic rings. The minimum Gasteiger partial charge on any atom is -0.457 e. The number of rotatable bonds is 4. The molecule has 0 fully saturated rings. The van der Waals surface area contributed by atoms with Crippen molar-refractivity contribution >= 4 is 46.6 Å². The third kappa shape index (κ3) is 4.87. The number of fused-ring (bicyclic) bond motifs is 1. The zero-order valence-corrected chi connectivity index (χ0v) is 15.8. The first-order valence-corrected chi connectivity index (χ1v) is 8.99. The lowest BCUT2D eigenvalue weighted by atomic mass is 9.91. The van der Waals surface area contributed by atoms with Gasteiger partial charge in [0.2, 0.25) is 9.67 Å². The third-order valence-corrected chi connectivity index (χ3v) is 4.12. The second kappa shape index (κ2) is 7.82.